The van der Waals surface area contributed by atoms with Crippen molar-refractivity contribution in [2.75, 3.05) is 18.4 Å². The van der Waals surface area contributed by atoms with Gasteiger partial charge in [-0.25, -0.2) is 13.8 Å². The molecule has 0 aliphatic carbocycles. The molecule has 0 aromatic heterocycles. The normalized spacial score (nSPS) is 15.0. The van der Waals surface area contributed by atoms with Gasteiger partial charge in [-0.2, -0.15) is 5.10 Å². The molecular formula is C26H29F2N5O. The Labute approximate surface area is 198 Å². The summed E-state index contributed by atoms with van der Waals surface area (Å²) in [5.41, 5.74) is 3.72. The van der Waals surface area contributed by atoms with Gasteiger partial charge in [-0.15, -0.1) is 5.10 Å². The standard InChI is InChI=1S/C26H29F2N5O/c1-4-15-30-32-26(29-6-3)33-16-14-18(5-2)22(17-33)19-10-12-20(13-11-19)31-25(34)21-8-7-9-23(27)24(21)28/h6-13,15H,4-5,14,16-17H2,1-3H3,(H,31,34)/b29-6?,30-15-,32-26-. The van der Waals surface area contributed by atoms with E-state index in [1.54, 1.807) is 24.6 Å². The maximum absolute atomic E-state index is 13.9. The van der Waals surface area contributed by atoms with Crippen LogP contribution in [0.2, 0.25) is 0 Å². The SMILES string of the molecule is CC=N/C(=N/N=C\CC)N1CCC(CC)=C(c2ccc(NC(=O)c3cccc(F)c3F)cc2)C1. The summed E-state index contributed by atoms with van der Waals surface area (Å²) in [7, 11) is 0. The monoisotopic (exact) mass is 465 g/mol. The highest BCUT2D eigenvalue weighted by Gasteiger charge is 2.22. The van der Waals surface area contributed by atoms with Crippen molar-refractivity contribution in [1.29, 1.82) is 0 Å². The molecular weight excluding hydrogens is 436 g/mol. The van der Waals surface area contributed by atoms with Crippen molar-refractivity contribution >= 4 is 35.6 Å². The molecule has 0 atom stereocenters. The fourth-order valence-corrected chi connectivity index (χ4v) is 3.75. The largest absolute Gasteiger partial charge is 0.335 e. The van der Waals surface area contributed by atoms with E-state index in [4.69, 9.17) is 0 Å². The van der Waals surface area contributed by atoms with E-state index in [2.05, 4.69) is 32.3 Å². The van der Waals surface area contributed by atoms with E-state index >= 15 is 0 Å². The summed E-state index contributed by atoms with van der Waals surface area (Å²) in [5, 5.41) is 11.0. The van der Waals surface area contributed by atoms with Crippen LogP contribution in [-0.4, -0.2) is 42.3 Å². The minimum atomic E-state index is -1.16. The number of carbonyl (C=O) groups is 1. The van der Waals surface area contributed by atoms with Crippen LogP contribution >= 0.6 is 0 Å². The van der Waals surface area contributed by atoms with Gasteiger partial charge < -0.3 is 10.2 Å². The zero-order valence-corrected chi connectivity index (χ0v) is 19.7. The molecule has 0 saturated heterocycles. The third kappa shape index (κ3) is 6.01. The van der Waals surface area contributed by atoms with Gasteiger partial charge in [-0.05, 0) is 61.6 Å². The summed E-state index contributed by atoms with van der Waals surface area (Å²) in [6, 6.07) is 10.9. The first-order valence-electron chi connectivity index (χ1n) is 11.4. The van der Waals surface area contributed by atoms with E-state index < -0.39 is 17.5 Å². The molecule has 0 unspecified atom stereocenters. The third-order valence-electron chi connectivity index (χ3n) is 5.51. The molecule has 0 saturated carbocycles. The quantitative estimate of drug-likeness (QED) is 0.326. The summed E-state index contributed by atoms with van der Waals surface area (Å²) in [6.45, 7) is 7.43. The number of carbonyl (C=O) groups excluding carboxylic acids is 1. The lowest BCUT2D eigenvalue weighted by Gasteiger charge is -2.31. The van der Waals surface area contributed by atoms with Crippen LogP contribution in [0.1, 0.15) is 56.0 Å². The smallest absolute Gasteiger partial charge is 0.258 e. The van der Waals surface area contributed by atoms with E-state index in [1.165, 1.54) is 23.3 Å². The Morgan fingerprint density at radius 2 is 1.91 bits per heavy atom. The van der Waals surface area contributed by atoms with Crippen molar-refractivity contribution in [3.63, 3.8) is 0 Å². The predicted molar refractivity (Wildman–Crippen MR) is 135 cm³/mol. The lowest BCUT2D eigenvalue weighted by Crippen LogP contribution is -2.35. The Morgan fingerprint density at radius 1 is 1.15 bits per heavy atom. The number of guanidine groups is 1. The van der Waals surface area contributed by atoms with Gasteiger partial charge in [0, 0.05) is 31.2 Å². The molecule has 1 amide bonds. The average molecular weight is 466 g/mol. The molecule has 34 heavy (non-hydrogen) atoms. The zero-order chi connectivity index (χ0) is 24.5. The average Bonchev–Trinajstić information content (AvgIpc) is 2.85. The van der Waals surface area contributed by atoms with Crippen molar-refractivity contribution in [2.24, 2.45) is 15.2 Å². The number of amides is 1. The van der Waals surface area contributed by atoms with Gasteiger partial charge in [0.05, 0.1) is 5.56 Å². The maximum atomic E-state index is 13.9. The van der Waals surface area contributed by atoms with Crippen LogP contribution in [0, 0.1) is 11.6 Å². The molecule has 0 spiro atoms. The molecule has 1 aliphatic rings. The number of aliphatic imine (C=N–C) groups is 1. The van der Waals surface area contributed by atoms with Gasteiger partial charge in [0.15, 0.2) is 11.6 Å². The van der Waals surface area contributed by atoms with Crippen LogP contribution in [0.4, 0.5) is 14.5 Å². The van der Waals surface area contributed by atoms with Crippen LogP contribution in [0.5, 0.6) is 0 Å². The zero-order valence-electron chi connectivity index (χ0n) is 19.7. The van der Waals surface area contributed by atoms with E-state index in [1.807, 2.05) is 26.0 Å². The van der Waals surface area contributed by atoms with Gasteiger partial charge in [0.25, 0.3) is 5.91 Å². The second kappa shape index (κ2) is 12.0. The molecule has 0 fully saturated rings. The predicted octanol–water partition coefficient (Wildman–Crippen LogP) is 5.93. The lowest BCUT2D eigenvalue weighted by molar-refractivity contribution is 0.102. The Bertz CT molecular complexity index is 1140. The van der Waals surface area contributed by atoms with E-state index in [0.29, 0.717) is 18.2 Å². The fourth-order valence-electron chi connectivity index (χ4n) is 3.75. The Hall–Kier alpha value is -3.68. The maximum Gasteiger partial charge on any atom is 0.258 e. The summed E-state index contributed by atoms with van der Waals surface area (Å²) >= 11 is 0. The van der Waals surface area contributed by atoms with Gasteiger partial charge in [0.1, 0.15) is 0 Å². The molecule has 2 aromatic carbocycles. The first-order valence-corrected chi connectivity index (χ1v) is 11.4. The molecule has 1 aliphatic heterocycles. The van der Waals surface area contributed by atoms with Crippen molar-refractivity contribution in [1.82, 2.24) is 4.90 Å². The van der Waals surface area contributed by atoms with Gasteiger partial charge in [-0.3, -0.25) is 4.79 Å². The number of hydrogen-bond donors (Lipinski definition) is 1. The number of hydrogen-bond acceptors (Lipinski definition) is 3. The van der Waals surface area contributed by atoms with Crippen LogP contribution in [-0.2, 0) is 0 Å². The van der Waals surface area contributed by atoms with Gasteiger partial charge in [-0.1, -0.05) is 37.6 Å². The molecule has 1 N–H and O–H groups in total. The van der Waals surface area contributed by atoms with E-state index in [9.17, 15) is 13.6 Å². The Morgan fingerprint density at radius 3 is 2.59 bits per heavy atom. The minimum absolute atomic E-state index is 0.336. The number of nitrogens with zero attached hydrogens (tertiary/aromatic N) is 4. The van der Waals surface area contributed by atoms with E-state index in [-0.39, 0.29) is 5.56 Å². The van der Waals surface area contributed by atoms with E-state index in [0.717, 1.165) is 37.4 Å². The highest BCUT2D eigenvalue weighted by Crippen LogP contribution is 2.30. The lowest BCUT2D eigenvalue weighted by atomic mass is 9.92. The highest BCUT2D eigenvalue weighted by atomic mass is 19.2. The summed E-state index contributed by atoms with van der Waals surface area (Å²) in [5.74, 6) is -2.35. The highest BCUT2D eigenvalue weighted by molar-refractivity contribution is 6.04. The third-order valence-corrected chi connectivity index (χ3v) is 5.51. The number of nitrogens with one attached hydrogen (secondary N) is 1. The molecule has 3 rings (SSSR count). The Kier molecular flexibility index (Phi) is 8.79. The van der Waals surface area contributed by atoms with Gasteiger partial charge in [0.2, 0.25) is 5.96 Å². The number of rotatable bonds is 6. The summed E-state index contributed by atoms with van der Waals surface area (Å²) < 4.78 is 27.4. The second-order valence-corrected chi connectivity index (χ2v) is 7.73. The van der Waals surface area contributed by atoms with Crippen LogP contribution < -0.4 is 5.32 Å². The fraction of sp³-hybridized carbons (Fsp3) is 0.308. The Balaban J connectivity index is 1.80. The number of halogens is 2. The molecule has 0 radical (unpaired) electrons. The topological polar surface area (TPSA) is 69.4 Å². The van der Waals surface area contributed by atoms with Crippen LogP contribution in [0.3, 0.4) is 0 Å². The second-order valence-electron chi connectivity index (χ2n) is 7.73. The first-order chi connectivity index (χ1) is 16.5. The summed E-state index contributed by atoms with van der Waals surface area (Å²) in [4.78, 5) is 18.9. The summed E-state index contributed by atoms with van der Waals surface area (Å²) in [6.07, 6.45) is 6.06. The molecule has 2 aromatic rings. The molecule has 1 heterocycles. The van der Waals surface area contributed by atoms with Crippen LogP contribution in [0.15, 0.2) is 63.2 Å². The van der Waals surface area contributed by atoms with Crippen molar-refractivity contribution in [3.8, 4) is 0 Å². The number of benzene rings is 2. The molecule has 8 heteroatoms. The van der Waals surface area contributed by atoms with Crippen molar-refractivity contribution in [2.45, 2.75) is 40.0 Å². The molecule has 0 bridgehead atoms. The number of anilines is 1. The van der Waals surface area contributed by atoms with Gasteiger partial charge >= 0.3 is 0 Å². The molecule has 178 valence electrons. The van der Waals surface area contributed by atoms with Crippen LogP contribution in [0.25, 0.3) is 5.57 Å². The molecule has 6 nitrogen and oxygen atoms in total. The van der Waals surface area contributed by atoms with Crippen molar-refractivity contribution in [3.05, 3.63) is 70.8 Å². The minimum Gasteiger partial charge on any atom is -0.335 e. The first kappa shape index (κ1) is 25.0. The van der Waals surface area contributed by atoms with Crippen molar-refractivity contribution < 1.29 is 13.6 Å².